The fourth-order valence-corrected chi connectivity index (χ4v) is 3.67. The smallest absolute Gasteiger partial charge is 0.307 e. The van der Waals surface area contributed by atoms with Crippen LogP contribution in [0.15, 0.2) is 55.2 Å². The van der Waals surface area contributed by atoms with E-state index in [2.05, 4.69) is 15.1 Å². The van der Waals surface area contributed by atoms with Crippen molar-refractivity contribution in [1.82, 2.24) is 24.1 Å². The highest BCUT2D eigenvalue weighted by atomic mass is 35.5. The van der Waals surface area contributed by atoms with E-state index in [0.29, 0.717) is 16.4 Å². The third-order valence-corrected chi connectivity index (χ3v) is 5.61. The number of imidazole rings is 1. The summed E-state index contributed by atoms with van der Waals surface area (Å²) in [4.78, 5) is 8.74. The van der Waals surface area contributed by atoms with Gasteiger partial charge in [-0.2, -0.15) is 18.3 Å². The van der Waals surface area contributed by atoms with Crippen molar-refractivity contribution in [2.24, 2.45) is 5.41 Å². The Hall–Kier alpha value is -2.87. The highest BCUT2D eigenvalue weighted by molar-refractivity contribution is 6.29. The lowest BCUT2D eigenvalue weighted by Crippen LogP contribution is -2.29. The molecule has 4 aromatic rings. The quantitative estimate of drug-likeness (QED) is 0.426. The molecule has 0 amide bonds. The molecule has 5 rings (SSSR count). The van der Waals surface area contributed by atoms with Gasteiger partial charge in [-0.25, -0.2) is 9.97 Å². The van der Waals surface area contributed by atoms with Crippen molar-refractivity contribution in [1.29, 1.82) is 0 Å². The average Bonchev–Trinajstić information content (AvgIpc) is 3.11. The summed E-state index contributed by atoms with van der Waals surface area (Å²) >= 11 is 6.12. The Labute approximate surface area is 168 Å². The first-order valence-electron chi connectivity index (χ1n) is 9.04. The van der Waals surface area contributed by atoms with Gasteiger partial charge in [0.25, 0.3) is 0 Å². The first-order chi connectivity index (χ1) is 13.8. The minimum atomic E-state index is -4.22. The molecule has 0 aromatic carbocycles. The van der Waals surface area contributed by atoms with Gasteiger partial charge in [0.05, 0.1) is 23.9 Å². The van der Waals surface area contributed by atoms with Gasteiger partial charge in [0, 0.05) is 41.5 Å². The van der Waals surface area contributed by atoms with Crippen molar-refractivity contribution < 1.29 is 13.2 Å². The number of hydrogen-bond donors (Lipinski definition) is 0. The van der Waals surface area contributed by atoms with Crippen LogP contribution in [-0.4, -0.2) is 30.3 Å². The summed E-state index contributed by atoms with van der Waals surface area (Å²) in [7, 11) is 0. The molecule has 1 fully saturated rings. The molecule has 148 valence electrons. The second-order valence-electron chi connectivity index (χ2n) is 7.34. The molecule has 0 spiro atoms. The Morgan fingerprint density at radius 1 is 1.10 bits per heavy atom. The molecule has 4 heterocycles. The Kier molecular flexibility index (Phi) is 3.96. The summed E-state index contributed by atoms with van der Waals surface area (Å²) in [6, 6.07) is 7.24. The Balaban J connectivity index is 1.53. The van der Waals surface area contributed by atoms with Crippen molar-refractivity contribution in [2.75, 3.05) is 0 Å². The monoisotopic (exact) mass is 417 g/mol. The normalized spacial score (nSPS) is 15.7. The topological polar surface area (TPSA) is 48.0 Å². The zero-order valence-corrected chi connectivity index (χ0v) is 15.8. The van der Waals surface area contributed by atoms with E-state index in [1.807, 2.05) is 28.9 Å². The van der Waals surface area contributed by atoms with Crippen LogP contribution in [0.4, 0.5) is 13.2 Å². The van der Waals surface area contributed by atoms with Crippen LogP contribution in [0, 0.1) is 5.41 Å². The van der Waals surface area contributed by atoms with Gasteiger partial charge in [0.1, 0.15) is 10.8 Å². The number of aromatic nitrogens is 5. The molecule has 0 atom stereocenters. The van der Waals surface area contributed by atoms with Crippen molar-refractivity contribution in [3.63, 3.8) is 0 Å². The molecule has 1 aliphatic rings. The molecule has 0 aliphatic heterocycles. The molecular weight excluding hydrogens is 403 g/mol. The first kappa shape index (κ1) is 18.2. The average molecular weight is 418 g/mol. The summed E-state index contributed by atoms with van der Waals surface area (Å²) < 4.78 is 43.0. The Morgan fingerprint density at radius 2 is 1.93 bits per heavy atom. The van der Waals surface area contributed by atoms with Crippen LogP contribution in [0.2, 0.25) is 5.15 Å². The minimum Gasteiger partial charge on any atom is -0.307 e. The lowest BCUT2D eigenvalue weighted by molar-refractivity contribution is -0.191. The minimum absolute atomic E-state index is 0.143. The van der Waals surface area contributed by atoms with Crippen LogP contribution in [0.1, 0.15) is 12.8 Å². The lowest BCUT2D eigenvalue weighted by atomic mass is 10.0. The molecule has 4 aromatic heterocycles. The van der Waals surface area contributed by atoms with E-state index >= 15 is 0 Å². The number of nitrogens with zero attached hydrogens (tertiary/aromatic N) is 5. The highest BCUT2D eigenvalue weighted by Crippen LogP contribution is 2.58. The van der Waals surface area contributed by atoms with Gasteiger partial charge in [-0.3, -0.25) is 4.68 Å². The zero-order valence-electron chi connectivity index (χ0n) is 15.1. The molecular formula is C20H15ClF3N5. The van der Waals surface area contributed by atoms with Crippen molar-refractivity contribution in [3.8, 4) is 22.4 Å². The van der Waals surface area contributed by atoms with E-state index < -0.39 is 11.6 Å². The fraction of sp³-hybridized carbons (Fsp3) is 0.250. The van der Waals surface area contributed by atoms with E-state index in [1.165, 1.54) is 4.68 Å². The molecule has 1 aliphatic carbocycles. The van der Waals surface area contributed by atoms with E-state index in [0.717, 1.165) is 16.8 Å². The first-order valence-corrected chi connectivity index (χ1v) is 9.42. The number of pyridine rings is 2. The third-order valence-electron chi connectivity index (χ3n) is 5.40. The second kappa shape index (κ2) is 6.32. The molecule has 5 nitrogen and oxygen atoms in total. The maximum Gasteiger partial charge on any atom is 0.396 e. The molecule has 0 saturated heterocycles. The zero-order chi connectivity index (χ0) is 20.2. The Bertz CT molecular complexity index is 1210. The van der Waals surface area contributed by atoms with Crippen LogP contribution < -0.4 is 0 Å². The predicted molar refractivity (Wildman–Crippen MR) is 102 cm³/mol. The molecule has 0 unspecified atom stereocenters. The van der Waals surface area contributed by atoms with Crippen LogP contribution in [0.25, 0.3) is 28.0 Å². The van der Waals surface area contributed by atoms with E-state index in [-0.39, 0.29) is 19.4 Å². The predicted octanol–water partition coefficient (Wildman–Crippen LogP) is 5.26. The lowest BCUT2D eigenvalue weighted by Gasteiger charge is -2.18. The van der Waals surface area contributed by atoms with Gasteiger partial charge in [0.2, 0.25) is 0 Å². The Morgan fingerprint density at radius 3 is 2.69 bits per heavy atom. The van der Waals surface area contributed by atoms with Crippen molar-refractivity contribution >= 4 is 17.2 Å². The molecule has 0 bridgehead atoms. The number of alkyl halides is 3. The molecule has 0 N–H and O–H groups in total. The van der Waals surface area contributed by atoms with Crippen LogP contribution in [0.5, 0.6) is 0 Å². The molecule has 9 heteroatoms. The summed E-state index contributed by atoms with van der Waals surface area (Å²) in [6.07, 6.45) is 4.67. The fourth-order valence-electron chi connectivity index (χ4n) is 3.53. The largest absolute Gasteiger partial charge is 0.396 e. The second-order valence-corrected chi connectivity index (χ2v) is 7.73. The SMILES string of the molecule is FC(F)(F)C1(Cn2cc(-c3ccc(Cl)nc3-c3ccn4ccnc4c3)cn2)CC1. The van der Waals surface area contributed by atoms with Crippen LogP contribution in [-0.2, 0) is 6.54 Å². The van der Waals surface area contributed by atoms with Crippen molar-refractivity contribution in [2.45, 2.75) is 25.6 Å². The van der Waals surface area contributed by atoms with Gasteiger partial charge in [-0.1, -0.05) is 11.6 Å². The van der Waals surface area contributed by atoms with E-state index in [4.69, 9.17) is 11.6 Å². The number of halogens is 4. The standard InChI is InChI=1S/C20H15ClF3N5/c21-16-2-1-15(18(27-16)13-3-7-28-8-6-25-17(28)9-13)14-10-26-29(11-14)12-19(4-5-19)20(22,23)24/h1-3,6-11H,4-5,12H2. The summed E-state index contributed by atoms with van der Waals surface area (Å²) in [5.41, 5.74) is 1.97. The maximum absolute atomic E-state index is 13.3. The van der Waals surface area contributed by atoms with Crippen LogP contribution in [0.3, 0.4) is 0 Å². The molecule has 1 saturated carbocycles. The van der Waals surface area contributed by atoms with Crippen LogP contribution >= 0.6 is 11.6 Å². The summed E-state index contributed by atoms with van der Waals surface area (Å²) in [5.74, 6) is 0. The van der Waals surface area contributed by atoms with E-state index in [1.54, 1.807) is 30.7 Å². The van der Waals surface area contributed by atoms with Gasteiger partial charge in [-0.15, -0.1) is 0 Å². The number of hydrogen-bond acceptors (Lipinski definition) is 3. The van der Waals surface area contributed by atoms with Gasteiger partial charge >= 0.3 is 6.18 Å². The van der Waals surface area contributed by atoms with Gasteiger partial charge < -0.3 is 4.40 Å². The number of fused-ring (bicyclic) bond motifs is 1. The van der Waals surface area contributed by atoms with Gasteiger partial charge in [-0.05, 0) is 37.1 Å². The highest BCUT2D eigenvalue weighted by Gasteiger charge is 2.63. The van der Waals surface area contributed by atoms with Crippen molar-refractivity contribution in [3.05, 3.63) is 60.4 Å². The third kappa shape index (κ3) is 3.17. The van der Waals surface area contributed by atoms with E-state index in [9.17, 15) is 13.2 Å². The molecule has 0 radical (unpaired) electrons. The van der Waals surface area contributed by atoms with Gasteiger partial charge in [0.15, 0.2) is 0 Å². The number of rotatable bonds is 4. The summed E-state index contributed by atoms with van der Waals surface area (Å²) in [6.45, 7) is -0.174. The maximum atomic E-state index is 13.3. The molecule has 29 heavy (non-hydrogen) atoms. The summed E-state index contributed by atoms with van der Waals surface area (Å²) in [5, 5.41) is 4.50.